The van der Waals surface area contributed by atoms with Crippen LogP contribution < -0.4 is 14.9 Å². The number of benzene rings is 3. The fourth-order valence-electron chi connectivity index (χ4n) is 4.71. The van der Waals surface area contributed by atoms with Gasteiger partial charge in [0.05, 0.1) is 11.4 Å². The van der Waals surface area contributed by atoms with Crippen LogP contribution in [0.25, 0.3) is 22.8 Å². The summed E-state index contributed by atoms with van der Waals surface area (Å²) in [5, 5.41) is 9.37. The number of amides is 2. The molecule has 5 rings (SSSR count). The van der Waals surface area contributed by atoms with Crippen molar-refractivity contribution in [2.45, 2.75) is 45.9 Å². The molecule has 0 saturated heterocycles. The van der Waals surface area contributed by atoms with Crippen LogP contribution in [0.2, 0.25) is 0 Å². The second kappa shape index (κ2) is 12.9. The van der Waals surface area contributed by atoms with Crippen molar-refractivity contribution in [3.8, 4) is 28.5 Å². The Hall–Kier alpha value is -4.71. The largest absolute Gasteiger partial charge is 0.573 e. The lowest BCUT2D eigenvalue weighted by Gasteiger charge is -2.15. The normalized spacial score (nSPS) is 12.9. The predicted octanol–water partition coefficient (Wildman–Crippen LogP) is 7.53. The maximum absolute atomic E-state index is 12.8. The highest BCUT2D eigenvalue weighted by molar-refractivity contribution is 7.07. The Balaban J connectivity index is 1.22. The summed E-state index contributed by atoms with van der Waals surface area (Å²) in [6, 6.07) is 20.8. The second-order valence-corrected chi connectivity index (χ2v) is 11.4. The van der Waals surface area contributed by atoms with Crippen molar-refractivity contribution < 1.29 is 22.7 Å². The summed E-state index contributed by atoms with van der Waals surface area (Å²) >= 11 is 1.43. The van der Waals surface area contributed by atoms with Crippen LogP contribution in [0.4, 0.5) is 18.0 Å². The highest BCUT2D eigenvalue weighted by atomic mass is 32.1. The first kappa shape index (κ1) is 30.7. The summed E-state index contributed by atoms with van der Waals surface area (Å²) in [7, 11) is 0. The molecule has 2 aromatic heterocycles. The van der Waals surface area contributed by atoms with Crippen LogP contribution in [0.15, 0.2) is 89.5 Å². The summed E-state index contributed by atoms with van der Waals surface area (Å²) in [5.74, 6) is 0.491. The molecule has 1 unspecified atom stereocenters. The Kier molecular flexibility index (Phi) is 9.00. The average Bonchev–Trinajstić information content (AvgIpc) is 3.62. The first-order valence-corrected chi connectivity index (χ1v) is 14.8. The lowest BCUT2D eigenvalue weighted by atomic mass is 10.00. The predicted molar refractivity (Wildman–Crippen MR) is 163 cm³/mol. The summed E-state index contributed by atoms with van der Waals surface area (Å²) < 4.78 is 44.7. The van der Waals surface area contributed by atoms with Gasteiger partial charge in [0.2, 0.25) is 0 Å². The van der Waals surface area contributed by atoms with Gasteiger partial charge in [-0.2, -0.15) is 4.99 Å². The van der Waals surface area contributed by atoms with Crippen molar-refractivity contribution in [2.75, 3.05) is 6.54 Å². The summed E-state index contributed by atoms with van der Waals surface area (Å²) in [5.41, 5.74) is 5.54. The molecule has 2 amide bonds. The number of alkyl halides is 3. The average molecular weight is 621 g/mol. The molecule has 1 N–H and O–H groups in total. The third-order valence-corrected chi connectivity index (χ3v) is 7.94. The van der Waals surface area contributed by atoms with E-state index in [4.69, 9.17) is 0 Å². The molecule has 0 saturated carbocycles. The maximum Gasteiger partial charge on any atom is 0.573 e. The number of nitrogens with zero attached hydrogens (tertiary/aromatic N) is 5. The van der Waals surface area contributed by atoms with E-state index < -0.39 is 12.4 Å². The van der Waals surface area contributed by atoms with Crippen molar-refractivity contribution in [1.82, 2.24) is 24.6 Å². The molecule has 8 nitrogen and oxygen atoms in total. The molecule has 1 atom stereocenters. The number of rotatable bonds is 8. The number of urea groups is 1. The molecular formula is C32H31F3N6O2S. The van der Waals surface area contributed by atoms with Gasteiger partial charge in [-0.3, -0.25) is 4.57 Å². The number of nitrogens with one attached hydrogen (secondary N) is 1. The fraction of sp³-hybridized carbons (Fsp3) is 0.250. The third-order valence-electron chi connectivity index (χ3n) is 7.00. The van der Waals surface area contributed by atoms with E-state index >= 15 is 0 Å². The molecule has 3 aromatic carbocycles. The number of aromatic nitrogens is 4. The first-order valence-electron chi connectivity index (χ1n) is 14.0. The highest BCUT2D eigenvalue weighted by Crippen LogP contribution is 2.25. The Bertz CT molecular complexity index is 1810. The van der Waals surface area contributed by atoms with Gasteiger partial charge in [0.15, 0.2) is 10.6 Å². The molecular weight excluding hydrogens is 589 g/mol. The van der Waals surface area contributed by atoms with Gasteiger partial charge in [0, 0.05) is 23.2 Å². The van der Waals surface area contributed by atoms with Crippen molar-refractivity contribution in [3.05, 3.63) is 106 Å². The molecule has 0 spiro atoms. The summed E-state index contributed by atoms with van der Waals surface area (Å²) in [6.45, 7) is 8.71. The van der Waals surface area contributed by atoms with Gasteiger partial charge >= 0.3 is 12.4 Å². The Morgan fingerprint density at radius 2 is 1.73 bits per heavy atom. The molecule has 0 aliphatic carbocycles. The number of halogens is 3. The van der Waals surface area contributed by atoms with Crippen LogP contribution in [0.3, 0.4) is 0 Å². The van der Waals surface area contributed by atoms with E-state index in [-0.39, 0.29) is 11.7 Å². The van der Waals surface area contributed by atoms with Gasteiger partial charge in [0.25, 0.3) is 0 Å². The van der Waals surface area contributed by atoms with E-state index in [1.165, 1.54) is 52.2 Å². The number of hydrogen-bond donors (Lipinski definition) is 1. The zero-order chi connectivity index (χ0) is 31.4. The molecule has 228 valence electrons. The van der Waals surface area contributed by atoms with Crippen LogP contribution in [0.5, 0.6) is 5.75 Å². The van der Waals surface area contributed by atoms with E-state index in [2.05, 4.69) is 45.0 Å². The summed E-state index contributed by atoms with van der Waals surface area (Å²) in [6.07, 6.45) is -3.26. The topological polar surface area (TPSA) is 86.3 Å². The van der Waals surface area contributed by atoms with Crippen molar-refractivity contribution >= 4 is 17.4 Å². The molecule has 0 radical (unpaired) electrons. The number of para-hydroxylation sites is 1. The van der Waals surface area contributed by atoms with Crippen molar-refractivity contribution in [2.24, 2.45) is 4.99 Å². The van der Waals surface area contributed by atoms with E-state index in [1.54, 1.807) is 0 Å². The van der Waals surface area contributed by atoms with Crippen molar-refractivity contribution in [3.63, 3.8) is 0 Å². The molecule has 44 heavy (non-hydrogen) atoms. The molecule has 0 fully saturated rings. The smallest absolute Gasteiger partial charge is 0.406 e. The molecule has 12 heteroatoms. The SMILES string of the molecule is Cc1csc(=NC(=O)NCC(C)c2ccc(-c3ncn(-c4ccc(OC(F)(F)F)cc4)n3)cc2)n1-c1ccccc1C(C)C. The fourth-order valence-corrected chi connectivity index (χ4v) is 5.57. The monoisotopic (exact) mass is 620 g/mol. The van der Waals surface area contributed by atoms with Crippen LogP contribution in [0, 0.1) is 6.92 Å². The van der Waals surface area contributed by atoms with Gasteiger partial charge in [0.1, 0.15) is 12.1 Å². The van der Waals surface area contributed by atoms with Gasteiger partial charge in [-0.25, -0.2) is 14.5 Å². The lowest BCUT2D eigenvalue weighted by Crippen LogP contribution is -2.28. The molecule has 5 aromatic rings. The minimum atomic E-state index is -4.75. The third kappa shape index (κ3) is 7.25. The minimum Gasteiger partial charge on any atom is -0.406 e. The molecule has 0 aliphatic rings. The van der Waals surface area contributed by atoms with Crippen molar-refractivity contribution in [1.29, 1.82) is 0 Å². The zero-order valence-electron chi connectivity index (χ0n) is 24.5. The minimum absolute atomic E-state index is 0.0185. The van der Waals surface area contributed by atoms with E-state index in [1.807, 2.05) is 66.3 Å². The highest BCUT2D eigenvalue weighted by Gasteiger charge is 2.31. The number of ether oxygens (including phenoxy) is 1. The quantitative estimate of drug-likeness (QED) is 0.194. The number of aryl methyl sites for hydroxylation is 1. The van der Waals surface area contributed by atoms with Crippen LogP contribution in [-0.2, 0) is 0 Å². The molecule has 0 bridgehead atoms. The molecule has 2 heterocycles. The standard InChI is InChI=1S/C32H31F3N6O2S/c1-20(2)27-7-5-6-8-28(27)41-22(4)18-44-31(41)38-30(42)36-17-21(3)23-9-11-24(12-10-23)29-37-19-40(39-29)25-13-15-26(16-14-25)43-32(33,34)35/h5-16,18-21H,17H2,1-4H3,(H,36,42). The second-order valence-electron chi connectivity index (χ2n) is 10.6. The number of carbonyl (C=O) groups excluding carboxylic acids is 1. The number of hydrogen-bond acceptors (Lipinski definition) is 5. The van der Waals surface area contributed by atoms with Gasteiger partial charge in [-0.05, 0) is 60.2 Å². The van der Waals surface area contributed by atoms with Gasteiger partial charge in [-0.1, -0.05) is 63.2 Å². The van der Waals surface area contributed by atoms with Gasteiger partial charge in [-0.15, -0.1) is 29.6 Å². The Labute approximate surface area is 256 Å². The van der Waals surface area contributed by atoms with E-state index in [0.29, 0.717) is 28.8 Å². The van der Waals surface area contributed by atoms with Gasteiger partial charge < -0.3 is 10.1 Å². The Morgan fingerprint density at radius 1 is 1.02 bits per heavy atom. The first-order chi connectivity index (χ1) is 21.0. The van der Waals surface area contributed by atoms with E-state index in [9.17, 15) is 18.0 Å². The lowest BCUT2D eigenvalue weighted by molar-refractivity contribution is -0.274. The zero-order valence-corrected chi connectivity index (χ0v) is 25.4. The van der Waals surface area contributed by atoms with Crippen LogP contribution >= 0.6 is 11.3 Å². The number of thiazole rings is 1. The number of carbonyl (C=O) groups is 1. The molecule has 0 aliphatic heterocycles. The van der Waals surface area contributed by atoms with E-state index in [0.717, 1.165) is 22.5 Å². The Morgan fingerprint density at radius 3 is 2.41 bits per heavy atom. The van der Waals surface area contributed by atoms with Crippen LogP contribution in [-0.4, -0.2) is 38.3 Å². The van der Waals surface area contributed by atoms with Crippen LogP contribution in [0.1, 0.15) is 49.4 Å². The maximum atomic E-state index is 12.8. The summed E-state index contributed by atoms with van der Waals surface area (Å²) in [4.78, 5) is 22.2.